The fourth-order valence-corrected chi connectivity index (χ4v) is 5.75. The zero-order valence-corrected chi connectivity index (χ0v) is 19.5. The molecule has 0 aliphatic heterocycles. The second-order valence-corrected chi connectivity index (χ2v) is 9.77. The van der Waals surface area contributed by atoms with Crippen molar-refractivity contribution in [1.29, 1.82) is 0 Å². The molecular formula is C29H36F2O. The molecule has 3 heteroatoms. The monoisotopic (exact) mass is 438 g/mol. The molecule has 0 spiro atoms. The van der Waals surface area contributed by atoms with Gasteiger partial charge in [-0.15, -0.1) is 0 Å². The van der Waals surface area contributed by atoms with Gasteiger partial charge >= 0.3 is 0 Å². The Morgan fingerprint density at radius 2 is 1.44 bits per heavy atom. The van der Waals surface area contributed by atoms with Crippen LogP contribution < -0.4 is 4.74 Å². The van der Waals surface area contributed by atoms with Crippen LogP contribution in [0.3, 0.4) is 0 Å². The van der Waals surface area contributed by atoms with E-state index in [0.717, 1.165) is 30.6 Å². The number of benzene rings is 2. The highest BCUT2D eigenvalue weighted by molar-refractivity contribution is 5.52. The van der Waals surface area contributed by atoms with Gasteiger partial charge in [-0.25, -0.2) is 4.39 Å². The van der Waals surface area contributed by atoms with Gasteiger partial charge < -0.3 is 4.74 Å². The second kappa shape index (κ2) is 10.6. The van der Waals surface area contributed by atoms with Gasteiger partial charge in [0, 0.05) is 5.56 Å². The average molecular weight is 439 g/mol. The minimum Gasteiger partial charge on any atom is -0.491 e. The van der Waals surface area contributed by atoms with Crippen molar-refractivity contribution in [2.75, 3.05) is 6.61 Å². The van der Waals surface area contributed by atoms with Gasteiger partial charge in [-0.1, -0.05) is 42.0 Å². The summed E-state index contributed by atoms with van der Waals surface area (Å²) in [5.41, 5.74) is 3.16. The van der Waals surface area contributed by atoms with Crippen LogP contribution >= 0.6 is 0 Å². The molecule has 4 rings (SSSR count). The lowest BCUT2D eigenvalue weighted by atomic mass is 9.68. The van der Waals surface area contributed by atoms with Gasteiger partial charge in [0.05, 0.1) is 6.61 Å². The van der Waals surface area contributed by atoms with Gasteiger partial charge in [0.15, 0.2) is 11.6 Å². The molecule has 0 N–H and O–H groups in total. The average Bonchev–Trinajstić information content (AvgIpc) is 2.83. The van der Waals surface area contributed by atoms with E-state index in [4.69, 9.17) is 4.74 Å². The minimum atomic E-state index is -0.890. The van der Waals surface area contributed by atoms with E-state index in [-0.39, 0.29) is 5.75 Å². The van der Waals surface area contributed by atoms with Gasteiger partial charge in [-0.05, 0) is 107 Å². The summed E-state index contributed by atoms with van der Waals surface area (Å²) in [6.45, 7) is 4.23. The van der Waals surface area contributed by atoms with Crippen LogP contribution in [0.1, 0.15) is 80.9 Å². The first kappa shape index (κ1) is 23.0. The summed E-state index contributed by atoms with van der Waals surface area (Å²) in [6, 6.07) is 12.2. The molecule has 2 aromatic rings. The zero-order chi connectivity index (χ0) is 22.5. The van der Waals surface area contributed by atoms with Crippen LogP contribution in [0.5, 0.6) is 5.75 Å². The van der Waals surface area contributed by atoms with E-state index in [2.05, 4.69) is 37.3 Å². The molecular weight excluding hydrogens is 402 g/mol. The first-order chi connectivity index (χ1) is 15.5. The van der Waals surface area contributed by atoms with E-state index >= 15 is 0 Å². The Kier molecular flexibility index (Phi) is 7.65. The quantitative estimate of drug-likeness (QED) is 0.439. The largest absolute Gasteiger partial charge is 0.491 e. The number of halogens is 2. The van der Waals surface area contributed by atoms with E-state index in [0.29, 0.717) is 18.1 Å². The van der Waals surface area contributed by atoms with E-state index in [1.54, 1.807) is 19.1 Å². The second-order valence-electron chi connectivity index (χ2n) is 9.77. The van der Waals surface area contributed by atoms with Gasteiger partial charge in [-0.3, -0.25) is 0 Å². The molecule has 0 saturated heterocycles. The standard InChI is InChI=1S/C29H36F2O/c1-3-32-27-19-18-26(28(30)29(27)31)13-8-21-6-11-23(12-7-21)25-16-14-24(15-17-25)22-9-4-20(2)5-10-22/h4-5,8-10,13,18-19,21,23-25H,3,6-7,11-12,14-17H2,1-2H3/b13-8+. The highest BCUT2D eigenvalue weighted by atomic mass is 19.2. The lowest BCUT2D eigenvalue weighted by Gasteiger charge is -2.37. The fourth-order valence-electron chi connectivity index (χ4n) is 5.75. The predicted octanol–water partition coefficient (Wildman–Crippen LogP) is 8.47. The van der Waals surface area contributed by atoms with Crippen LogP contribution in [0.2, 0.25) is 0 Å². The Hall–Kier alpha value is -2.16. The molecule has 2 aromatic carbocycles. The van der Waals surface area contributed by atoms with Crippen molar-refractivity contribution in [1.82, 2.24) is 0 Å². The van der Waals surface area contributed by atoms with Gasteiger partial charge in [0.25, 0.3) is 0 Å². The molecule has 2 saturated carbocycles. The lowest BCUT2D eigenvalue weighted by Crippen LogP contribution is -2.25. The summed E-state index contributed by atoms with van der Waals surface area (Å²) in [5, 5.41) is 0. The van der Waals surface area contributed by atoms with Gasteiger partial charge in [0.2, 0.25) is 5.82 Å². The molecule has 0 heterocycles. The summed E-state index contributed by atoms with van der Waals surface area (Å²) in [5.74, 6) is 1.17. The molecule has 2 fully saturated rings. The van der Waals surface area contributed by atoms with Crippen molar-refractivity contribution < 1.29 is 13.5 Å². The summed E-state index contributed by atoms with van der Waals surface area (Å²) in [4.78, 5) is 0. The Labute approximate surface area is 191 Å². The van der Waals surface area contributed by atoms with Crippen LogP contribution in [0.4, 0.5) is 8.78 Å². The normalized spacial score (nSPS) is 26.4. The van der Waals surface area contributed by atoms with E-state index < -0.39 is 11.6 Å². The third kappa shape index (κ3) is 5.42. The first-order valence-corrected chi connectivity index (χ1v) is 12.4. The molecule has 1 nitrogen and oxygen atoms in total. The molecule has 0 atom stereocenters. The topological polar surface area (TPSA) is 9.23 Å². The maximum atomic E-state index is 14.3. The maximum absolute atomic E-state index is 14.3. The number of hydrogen-bond donors (Lipinski definition) is 0. The predicted molar refractivity (Wildman–Crippen MR) is 128 cm³/mol. The molecule has 0 aromatic heterocycles. The molecule has 2 aliphatic carbocycles. The summed E-state index contributed by atoms with van der Waals surface area (Å²) in [7, 11) is 0. The van der Waals surface area contributed by atoms with Crippen LogP contribution in [0, 0.1) is 36.3 Å². The summed E-state index contributed by atoms with van der Waals surface area (Å²) >= 11 is 0. The molecule has 0 unspecified atom stereocenters. The molecule has 0 amide bonds. The number of aryl methyl sites for hydroxylation is 1. The molecule has 172 valence electrons. The van der Waals surface area contributed by atoms with Crippen molar-refractivity contribution >= 4 is 6.08 Å². The maximum Gasteiger partial charge on any atom is 0.201 e. The highest BCUT2D eigenvalue weighted by Gasteiger charge is 2.30. The third-order valence-electron chi connectivity index (χ3n) is 7.73. The zero-order valence-electron chi connectivity index (χ0n) is 19.5. The van der Waals surface area contributed by atoms with E-state index in [1.807, 2.05) is 0 Å². The number of allylic oxidation sites excluding steroid dienone is 1. The van der Waals surface area contributed by atoms with Gasteiger partial charge in [-0.2, -0.15) is 4.39 Å². The Balaban J connectivity index is 1.26. The SMILES string of the molecule is CCOc1ccc(/C=C/C2CCC(C3CCC(c4ccc(C)cc4)CC3)CC2)c(F)c1F. The van der Waals surface area contributed by atoms with E-state index in [9.17, 15) is 8.78 Å². The third-order valence-corrected chi connectivity index (χ3v) is 7.73. The fraction of sp³-hybridized carbons (Fsp3) is 0.517. The summed E-state index contributed by atoms with van der Waals surface area (Å²) < 4.78 is 33.5. The molecule has 2 aliphatic rings. The van der Waals surface area contributed by atoms with Crippen LogP contribution in [0.15, 0.2) is 42.5 Å². The van der Waals surface area contributed by atoms with Crippen LogP contribution in [0.25, 0.3) is 6.08 Å². The van der Waals surface area contributed by atoms with Crippen molar-refractivity contribution in [3.63, 3.8) is 0 Å². The Morgan fingerprint density at radius 3 is 2.06 bits per heavy atom. The molecule has 0 radical (unpaired) electrons. The minimum absolute atomic E-state index is 0.0141. The molecule has 0 bridgehead atoms. The summed E-state index contributed by atoms with van der Waals surface area (Å²) in [6.07, 6.45) is 14.0. The highest BCUT2D eigenvalue weighted by Crippen LogP contribution is 2.44. The Bertz CT molecular complexity index is 901. The number of ether oxygens (including phenoxy) is 1. The Morgan fingerprint density at radius 1 is 0.812 bits per heavy atom. The van der Waals surface area contributed by atoms with Gasteiger partial charge in [0.1, 0.15) is 0 Å². The smallest absolute Gasteiger partial charge is 0.201 e. The first-order valence-electron chi connectivity index (χ1n) is 12.4. The van der Waals surface area contributed by atoms with E-state index in [1.165, 1.54) is 55.7 Å². The van der Waals surface area contributed by atoms with Crippen molar-refractivity contribution in [2.45, 2.75) is 71.1 Å². The van der Waals surface area contributed by atoms with Crippen LogP contribution in [-0.4, -0.2) is 6.61 Å². The number of hydrogen-bond acceptors (Lipinski definition) is 1. The van der Waals surface area contributed by atoms with Crippen molar-refractivity contribution in [2.24, 2.45) is 17.8 Å². The van der Waals surface area contributed by atoms with Crippen molar-refractivity contribution in [3.8, 4) is 5.75 Å². The number of rotatable bonds is 6. The molecule has 32 heavy (non-hydrogen) atoms. The lowest BCUT2D eigenvalue weighted by molar-refractivity contribution is 0.172. The van der Waals surface area contributed by atoms with Crippen LogP contribution in [-0.2, 0) is 0 Å². The van der Waals surface area contributed by atoms with Crippen molar-refractivity contribution in [3.05, 3.63) is 70.8 Å².